The van der Waals surface area contributed by atoms with E-state index >= 15 is 0 Å². The van der Waals surface area contributed by atoms with E-state index in [9.17, 15) is 0 Å². The lowest BCUT2D eigenvalue weighted by molar-refractivity contribution is 0.673. The zero-order valence-corrected chi connectivity index (χ0v) is 33.9. The smallest absolute Gasteiger partial charge is 0.143 e. The van der Waals surface area contributed by atoms with E-state index < -0.39 is 0 Å². The highest BCUT2D eigenvalue weighted by Crippen LogP contribution is 2.43. The molecular formula is C60H39NO. The molecule has 0 amide bonds. The second-order valence-electron chi connectivity index (χ2n) is 16.1. The zero-order chi connectivity index (χ0) is 41.0. The standard InChI is InChI=1S/C60H39NO/c1-4-21-51-41(12-1)15-9-24-53(51)46-18-7-17-45(38-46)40-28-33-48(34-29-40)61(50-20-8-19-47(39-50)54-25-10-16-42-13-2-5-22-52(42)54)49-35-30-44(31-36-49)55-26-11-27-58-59(55)57-37-32-43-14-3-6-23-56(43)60(57)62-58/h1-39H. The molecule has 290 valence electrons. The average Bonchev–Trinajstić information content (AvgIpc) is 3.74. The Morgan fingerprint density at radius 1 is 0.274 bits per heavy atom. The summed E-state index contributed by atoms with van der Waals surface area (Å²) in [5, 5.41) is 9.57. The summed E-state index contributed by atoms with van der Waals surface area (Å²) < 4.78 is 6.56. The van der Waals surface area contributed by atoms with Gasteiger partial charge in [0.2, 0.25) is 0 Å². The first-order chi connectivity index (χ1) is 30.7. The predicted octanol–water partition coefficient (Wildman–Crippen LogP) is 17.2. The minimum atomic E-state index is 0.896. The van der Waals surface area contributed by atoms with Crippen molar-refractivity contribution in [2.45, 2.75) is 0 Å². The SMILES string of the molecule is c1cc(-c2ccc(N(c3ccc(-c4cccc5oc6c7ccccc7ccc6c45)cc3)c3cccc(-c4cccc5ccccc45)c3)cc2)cc(-c2cccc3ccccc23)c1. The maximum Gasteiger partial charge on any atom is 0.143 e. The minimum Gasteiger partial charge on any atom is -0.455 e. The van der Waals surface area contributed by atoms with Crippen molar-refractivity contribution in [2.75, 3.05) is 4.90 Å². The molecule has 0 bridgehead atoms. The normalized spacial score (nSPS) is 11.5. The van der Waals surface area contributed by atoms with E-state index in [0.29, 0.717) is 0 Å². The van der Waals surface area contributed by atoms with E-state index in [2.05, 4.69) is 241 Å². The summed E-state index contributed by atoms with van der Waals surface area (Å²) in [5.74, 6) is 0. The van der Waals surface area contributed by atoms with Gasteiger partial charge in [0.15, 0.2) is 0 Å². The van der Waals surface area contributed by atoms with Crippen molar-refractivity contribution in [3.8, 4) is 44.5 Å². The summed E-state index contributed by atoms with van der Waals surface area (Å²) in [6.45, 7) is 0. The molecule has 1 heterocycles. The number of fused-ring (bicyclic) bond motifs is 7. The van der Waals surface area contributed by atoms with Gasteiger partial charge in [0, 0.05) is 33.2 Å². The van der Waals surface area contributed by atoms with Crippen LogP contribution in [0.25, 0.3) is 98.8 Å². The molecule has 12 rings (SSSR count). The van der Waals surface area contributed by atoms with Crippen LogP contribution in [0.1, 0.15) is 0 Å². The molecule has 0 saturated carbocycles. The van der Waals surface area contributed by atoms with Crippen molar-refractivity contribution in [3.63, 3.8) is 0 Å². The Hall–Kier alpha value is -8.20. The van der Waals surface area contributed by atoms with Crippen LogP contribution < -0.4 is 4.90 Å². The van der Waals surface area contributed by atoms with Crippen LogP contribution in [-0.4, -0.2) is 0 Å². The quantitative estimate of drug-likeness (QED) is 0.160. The highest BCUT2D eigenvalue weighted by atomic mass is 16.3. The Morgan fingerprint density at radius 2 is 0.774 bits per heavy atom. The number of anilines is 3. The fourth-order valence-corrected chi connectivity index (χ4v) is 9.47. The molecule has 2 heteroatoms. The first-order valence-corrected chi connectivity index (χ1v) is 21.2. The summed E-state index contributed by atoms with van der Waals surface area (Å²) in [6, 6.07) is 85.4. The van der Waals surface area contributed by atoms with Crippen molar-refractivity contribution < 1.29 is 4.42 Å². The minimum absolute atomic E-state index is 0.896. The van der Waals surface area contributed by atoms with Gasteiger partial charge < -0.3 is 9.32 Å². The molecule has 0 radical (unpaired) electrons. The first kappa shape index (κ1) is 35.7. The van der Waals surface area contributed by atoms with Crippen LogP contribution in [0.2, 0.25) is 0 Å². The van der Waals surface area contributed by atoms with Crippen LogP contribution in [0, 0.1) is 0 Å². The molecule has 2 nitrogen and oxygen atoms in total. The van der Waals surface area contributed by atoms with E-state index in [1.807, 2.05) is 0 Å². The number of nitrogens with zero attached hydrogens (tertiary/aromatic N) is 1. The van der Waals surface area contributed by atoms with E-state index in [1.165, 1.54) is 60.3 Å². The summed E-state index contributed by atoms with van der Waals surface area (Å²) in [5.41, 5.74) is 14.6. The third-order valence-electron chi connectivity index (χ3n) is 12.5. The van der Waals surface area contributed by atoms with Gasteiger partial charge in [-0.25, -0.2) is 0 Å². The van der Waals surface area contributed by atoms with Gasteiger partial charge in [-0.2, -0.15) is 0 Å². The van der Waals surface area contributed by atoms with E-state index in [-0.39, 0.29) is 0 Å². The number of furan rings is 1. The molecule has 0 aliphatic heterocycles. The lowest BCUT2D eigenvalue weighted by Crippen LogP contribution is -2.10. The predicted molar refractivity (Wildman–Crippen MR) is 263 cm³/mol. The lowest BCUT2D eigenvalue weighted by atomic mass is 9.95. The summed E-state index contributed by atoms with van der Waals surface area (Å²) in [7, 11) is 0. The highest BCUT2D eigenvalue weighted by molar-refractivity contribution is 6.19. The fraction of sp³-hybridized carbons (Fsp3) is 0. The van der Waals surface area contributed by atoms with Crippen LogP contribution in [0.15, 0.2) is 241 Å². The summed E-state index contributed by atoms with van der Waals surface area (Å²) >= 11 is 0. The van der Waals surface area contributed by atoms with E-state index in [4.69, 9.17) is 4.42 Å². The van der Waals surface area contributed by atoms with Crippen molar-refractivity contribution in [1.82, 2.24) is 0 Å². The van der Waals surface area contributed by atoms with Gasteiger partial charge in [-0.15, -0.1) is 0 Å². The molecule has 0 aliphatic carbocycles. The largest absolute Gasteiger partial charge is 0.455 e. The zero-order valence-electron chi connectivity index (χ0n) is 33.9. The van der Waals surface area contributed by atoms with Gasteiger partial charge in [-0.1, -0.05) is 182 Å². The van der Waals surface area contributed by atoms with Gasteiger partial charge in [-0.3, -0.25) is 0 Å². The second kappa shape index (κ2) is 14.8. The number of hydrogen-bond donors (Lipinski definition) is 0. The maximum absolute atomic E-state index is 6.56. The number of hydrogen-bond acceptors (Lipinski definition) is 2. The maximum atomic E-state index is 6.56. The van der Waals surface area contributed by atoms with E-state index in [0.717, 1.165) is 55.5 Å². The Bertz CT molecular complexity index is 3620. The summed E-state index contributed by atoms with van der Waals surface area (Å²) in [4.78, 5) is 2.37. The Labute approximate surface area is 360 Å². The van der Waals surface area contributed by atoms with Gasteiger partial charge in [0.1, 0.15) is 11.2 Å². The molecule has 0 aliphatic rings. The molecule has 1 aromatic heterocycles. The monoisotopic (exact) mass is 789 g/mol. The van der Waals surface area contributed by atoms with Gasteiger partial charge >= 0.3 is 0 Å². The first-order valence-electron chi connectivity index (χ1n) is 21.2. The molecule has 0 unspecified atom stereocenters. The van der Waals surface area contributed by atoms with Gasteiger partial charge in [0.05, 0.1) is 0 Å². The third-order valence-corrected chi connectivity index (χ3v) is 12.5. The van der Waals surface area contributed by atoms with Crippen LogP contribution in [0.5, 0.6) is 0 Å². The van der Waals surface area contributed by atoms with Gasteiger partial charge in [0.25, 0.3) is 0 Å². The van der Waals surface area contributed by atoms with Crippen molar-refractivity contribution in [3.05, 3.63) is 237 Å². The van der Waals surface area contributed by atoms with Crippen LogP contribution in [0.4, 0.5) is 17.1 Å². The number of rotatable bonds is 7. The molecule has 0 N–H and O–H groups in total. The average molecular weight is 790 g/mol. The molecule has 0 atom stereocenters. The fourth-order valence-electron chi connectivity index (χ4n) is 9.47. The van der Waals surface area contributed by atoms with Crippen LogP contribution in [-0.2, 0) is 0 Å². The molecule has 12 aromatic rings. The molecule has 11 aromatic carbocycles. The second-order valence-corrected chi connectivity index (χ2v) is 16.1. The topological polar surface area (TPSA) is 16.4 Å². The molecular weight excluding hydrogens is 751 g/mol. The van der Waals surface area contributed by atoms with Gasteiger partial charge in [-0.05, 0) is 126 Å². The molecule has 62 heavy (non-hydrogen) atoms. The van der Waals surface area contributed by atoms with E-state index in [1.54, 1.807) is 0 Å². The Balaban J connectivity index is 0.958. The lowest BCUT2D eigenvalue weighted by Gasteiger charge is -2.26. The van der Waals surface area contributed by atoms with Crippen LogP contribution >= 0.6 is 0 Å². The van der Waals surface area contributed by atoms with Crippen LogP contribution in [0.3, 0.4) is 0 Å². The molecule has 0 saturated heterocycles. The number of benzene rings is 11. The Morgan fingerprint density at radius 3 is 1.45 bits per heavy atom. The molecule has 0 fully saturated rings. The Kier molecular flexibility index (Phi) is 8.53. The van der Waals surface area contributed by atoms with Crippen molar-refractivity contribution in [2.24, 2.45) is 0 Å². The molecule has 0 spiro atoms. The summed E-state index contributed by atoms with van der Waals surface area (Å²) in [6.07, 6.45) is 0. The van der Waals surface area contributed by atoms with Crippen molar-refractivity contribution >= 4 is 71.3 Å². The highest BCUT2D eigenvalue weighted by Gasteiger charge is 2.18. The van der Waals surface area contributed by atoms with Crippen molar-refractivity contribution in [1.29, 1.82) is 0 Å². The third kappa shape index (κ3) is 6.12.